The monoisotopic (exact) mass is 298 g/mol. The van der Waals surface area contributed by atoms with E-state index in [0.29, 0.717) is 5.69 Å². The van der Waals surface area contributed by atoms with Crippen LogP contribution in [-0.4, -0.2) is 14.8 Å². The summed E-state index contributed by atoms with van der Waals surface area (Å²) in [6.45, 7) is 5.73. The van der Waals surface area contributed by atoms with Crippen LogP contribution in [0.1, 0.15) is 37.9 Å². The van der Waals surface area contributed by atoms with Crippen molar-refractivity contribution >= 4 is 28.6 Å². The van der Waals surface area contributed by atoms with Crippen molar-refractivity contribution in [1.29, 1.82) is 0 Å². The van der Waals surface area contributed by atoms with Crippen LogP contribution in [-0.2, 0) is 0 Å². The van der Waals surface area contributed by atoms with Crippen molar-refractivity contribution < 1.29 is 0 Å². The highest BCUT2D eigenvalue weighted by atomic mass is 35.5. The Morgan fingerprint density at radius 3 is 2.74 bits per heavy atom. The number of nitrogens with zero attached hydrogens (tertiary/aromatic N) is 3. The zero-order chi connectivity index (χ0) is 14.0. The van der Waals surface area contributed by atoms with Gasteiger partial charge in [-0.15, -0.1) is 11.3 Å². The van der Waals surface area contributed by atoms with Crippen LogP contribution >= 0.6 is 22.9 Å². The Balaban J connectivity index is 2.27. The molecular formula is C12H15ClN4OS. The molecule has 19 heavy (non-hydrogen) atoms. The van der Waals surface area contributed by atoms with Gasteiger partial charge in [-0.3, -0.25) is 4.79 Å². The van der Waals surface area contributed by atoms with Crippen LogP contribution in [0.4, 0.5) is 5.69 Å². The molecule has 2 aromatic heterocycles. The maximum atomic E-state index is 12.0. The Hall–Kier alpha value is -1.40. The van der Waals surface area contributed by atoms with Crippen LogP contribution in [0.25, 0.3) is 0 Å². The van der Waals surface area contributed by atoms with Crippen LogP contribution in [0.3, 0.4) is 0 Å². The lowest BCUT2D eigenvalue weighted by Gasteiger charge is -2.15. The molecule has 0 spiro atoms. The van der Waals surface area contributed by atoms with Gasteiger partial charge in [0.15, 0.2) is 0 Å². The zero-order valence-corrected chi connectivity index (χ0v) is 12.5. The maximum absolute atomic E-state index is 12.0. The second kappa shape index (κ2) is 5.71. The summed E-state index contributed by atoms with van der Waals surface area (Å²) in [4.78, 5) is 16.2. The van der Waals surface area contributed by atoms with Crippen LogP contribution in [0.15, 0.2) is 22.6 Å². The molecule has 7 heteroatoms. The van der Waals surface area contributed by atoms with Crippen molar-refractivity contribution in [2.45, 2.75) is 32.9 Å². The molecule has 0 amide bonds. The van der Waals surface area contributed by atoms with Crippen LogP contribution in [0.2, 0.25) is 5.02 Å². The van der Waals surface area contributed by atoms with Crippen molar-refractivity contribution in [3.05, 3.63) is 38.2 Å². The van der Waals surface area contributed by atoms with E-state index in [9.17, 15) is 4.79 Å². The largest absolute Gasteiger partial charge is 0.373 e. The van der Waals surface area contributed by atoms with Gasteiger partial charge in [-0.2, -0.15) is 5.10 Å². The lowest BCUT2D eigenvalue weighted by molar-refractivity contribution is 0.503. The van der Waals surface area contributed by atoms with E-state index in [-0.39, 0.29) is 22.7 Å². The quantitative estimate of drug-likeness (QED) is 0.942. The molecule has 0 fully saturated rings. The molecule has 2 aromatic rings. The molecule has 0 aliphatic heterocycles. The van der Waals surface area contributed by atoms with Gasteiger partial charge in [-0.1, -0.05) is 11.6 Å². The Labute approximate surface area is 120 Å². The SMILES string of the molecule is CC(Nc1cnn(C(C)C)c(=O)c1Cl)c1nccs1. The van der Waals surface area contributed by atoms with Crippen LogP contribution in [0, 0.1) is 0 Å². The summed E-state index contributed by atoms with van der Waals surface area (Å²) < 4.78 is 1.36. The molecular weight excluding hydrogens is 284 g/mol. The summed E-state index contributed by atoms with van der Waals surface area (Å²) >= 11 is 7.64. The molecule has 0 aliphatic carbocycles. The molecule has 0 saturated heterocycles. The number of hydrogen-bond donors (Lipinski definition) is 1. The molecule has 2 heterocycles. The van der Waals surface area contributed by atoms with E-state index < -0.39 is 0 Å². The molecule has 1 unspecified atom stereocenters. The lowest BCUT2D eigenvalue weighted by Crippen LogP contribution is -2.26. The minimum absolute atomic E-state index is 0.0181. The number of anilines is 1. The predicted octanol–water partition coefficient (Wildman–Crippen LogP) is 3.11. The topological polar surface area (TPSA) is 59.8 Å². The second-order valence-electron chi connectivity index (χ2n) is 4.45. The third-order valence-electron chi connectivity index (χ3n) is 2.63. The fraction of sp³-hybridized carbons (Fsp3) is 0.417. The Morgan fingerprint density at radius 1 is 1.42 bits per heavy atom. The van der Waals surface area contributed by atoms with Crippen molar-refractivity contribution in [1.82, 2.24) is 14.8 Å². The lowest BCUT2D eigenvalue weighted by atomic mass is 10.3. The molecule has 5 nitrogen and oxygen atoms in total. The molecule has 0 aromatic carbocycles. The number of halogens is 1. The number of aromatic nitrogens is 3. The summed E-state index contributed by atoms with van der Waals surface area (Å²) in [5, 5.41) is 10.3. The maximum Gasteiger partial charge on any atom is 0.287 e. The summed E-state index contributed by atoms with van der Waals surface area (Å²) in [7, 11) is 0. The van der Waals surface area contributed by atoms with Gasteiger partial charge in [0.05, 0.1) is 24.0 Å². The molecule has 0 saturated carbocycles. The van der Waals surface area contributed by atoms with E-state index in [1.165, 1.54) is 4.68 Å². The van der Waals surface area contributed by atoms with Gasteiger partial charge in [0.25, 0.3) is 5.56 Å². The first-order chi connectivity index (χ1) is 9.00. The highest BCUT2D eigenvalue weighted by Gasteiger charge is 2.14. The van der Waals surface area contributed by atoms with E-state index >= 15 is 0 Å². The minimum Gasteiger partial charge on any atom is -0.373 e. The third-order valence-corrected chi connectivity index (χ3v) is 3.95. The normalized spacial score (nSPS) is 12.7. The first-order valence-corrected chi connectivity index (χ1v) is 7.19. The van der Waals surface area contributed by atoms with Crippen molar-refractivity contribution in [2.75, 3.05) is 5.32 Å². The molecule has 2 rings (SSSR count). The summed E-state index contributed by atoms with van der Waals surface area (Å²) in [6, 6.07) is -0.0379. The van der Waals surface area contributed by atoms with Crippen molar-refractivity contribution in [3.63, 3.8) is 0 Å². The zero-order valence-electron chi connectivity index (χ0n) is 10.9. The summed E-state index contributed by atoms with van der Waals surface area (Å²) in [5.74, 6) is 0. The highest BCUT2D eigenvalue weighted by molar-refractivity contribution is 7.09. The van der Waals surface area contributed by atoms with Crippen molar-refractivity contribution in [3.8, 4) is 0 Å². The van der Waals surface area contributed by atoms with Gasteiger partial charge in [0.1, 0.15) is 10.0 Å². The minimum atomic E-state index is -0.284. The van der Waals surface area contributed by atoms with Gasteiger partial charge >= 0.3 is 0 Å². The van der Waals surface area contributed by atoms with Gasteiger partial charge < -0.3 is 5.32 Å². The van der Waals surface area contributed by atoms with E-state index in [1.807, 2.05) is 26.2 Å². The van der Waals surface area contributed by atoms with Gasteiger partial charge in [-0.05, 0) is 20.8 Å². The van der Waals surface area contributed by atoms with Gasteiger partial charge in [0, 0.05) is 11.6 Å². The summed E-state index contributed by atoms with van der Waals surface area (Å²) in [5.41, 5.74) is 0.249. The van der Waals surface area contributed by atoms with E-state index in [1.54, 1.807) is 23.7 Å². The fourth-order valence-corrected chi connectivity index (χ4v) is 2.49. The highest BCUT2D eigenvalue weighted by Crippen LogP contribution is 2.24. The van der Waals surface area contributed by atoms with Gasteiger partial charge in [0.2, 0.25) is 0 Å². The van der Waals surface area contributed by atoms with E-state index in [0.717, 1.165) is 5.01 Å². The Kier molecular flexibility index (Phi) is 4.21. The predicted molar refractivity (Wildman–Crippen MR) is 78.0 cm³/mol. The van der Waals surface area contributed by atoms with Crippen LogP contribution in [0.5, 0.6) is 0 Å². The van der Waals surface area contributed by atoms with Crippen LogP contribution < -0.4 is 10.9 Å². The number of nitrogens with one attached hydrogen (secondary N) is 1. The average molecular weight is 299 g/mol. The number of rotatable bonds is 4. The molecule has 0 radical (unpaired) electrons. The Bertz CT molecular complexity index is 609. The number of thiazole rings is 1. The second-order valence-corrected chi connectivity index (χ2v) is 5.76. The number of hydrogen-bond acceptors (Lipinski definition) is 5. The molecule has 1 N–H and O–H groups in total. The smallest absolute Gasteiger partial charge is 0.287 e. The molecule has 1 atom stereocenters. The van der Waals surface area contributed by atoms with E-state index in [4.69, 9.17) is 11.6 Å². The standard InChI is InChI=1S/C12H15ClN4OS/c1-7(2)17-12(18)10(13)9(6-15-17)16-8(3)11-14-4-5-19-11/h4-8,16H,1-3H3. The summed E-state index contributed by atoms with van der Waals surface area (Å²) in [6.07, 6.45) is 3.32. The van der Waals surface area contributed by atoms with Crippen molar-refractivity contribution in [2.24, 2.45) is 0 Å². The Morgan fingerprint density at radius 2 is 2.16 bits per heavy atom. The third kappa shape index (κ3) is 2.96. The molecule has 0 bridgehead atoms. The first-order valence-electron chi connectivity index (χ1n) is 5.94. The average Bonchev–Trinajstić information content (AvgIpc) is 2.88. The van der Waals surface area contributed by atoms with Gasteiger partial charge in [-0.25, -0.2) is 9.67 Å². The first kappa shape index (κ1) is 14.0. The van der Waals surface area contributed by atoms with E-state index in [2.05, 4.69) is 15.4 Å². The molecule has 102 valence electrons. The molecule has 0 aliphatic rings. The fourth-order valence-electron chi connectivity index (χ4n) is 1.66.